The number of unbranched alkanes of at least 4 members (excludes halogenated alkanes) is 1. The molecule has 1 amide bonds. The third-order valence-corrected chi connectivity index (χ3v) is 5.62. The number of nitrogens with zero attached hydrogens (tertiary/aromatic N) is 1. The lowest BCUT2D eigenvalue weighted by molar-refractivity contribution is -0.119. The maximum atomic E-state index is 12.7. The number of amides is 1. The van der Waals surface area contributed by atoms with E-state index in [0.717, 1.165) is 18.2 Å². The van der Waals surface area contributed by atoms with Crippen molar-refractivity contribution in [1.82, 2.24) is 5.32 Å². The lowest BCUT2D eigenvalue weighted by Crippen LogP contribution is -2.39. The smallest absolute Gasteiger partial charge is 0.265 e. The molecule has 0 saturated heterocycles. The topological polar surface area (TPSA) is 66.5 Å². The molecule has 116 valence electrons. The van der Waals surface area contributed by atoms with Crippen LogP contribution in [0.1, 0.15) is 19.8 Å². The molecular weight excluding hydrogens is 300 g/mol. The highest BCUT2D eigenvalue weighted by atomic mass is 32.2. The summed E-state index contributed by atoms with van der Waals surface area (Å²) >= 11 is 0. The number of sulfonamides is 1. The molecule has 0 aliphatic carbocycles. The minimum atomic E-state index is -3.65. The Bertz CT molecular complexity index is 825. The molecule has 0 saturated carbocycles. The molecule has 0 radical (unpaired) electrons. The summed E-state index contributed by atoms with van der Waals surface area (Å²) in [6.45, 7) is 2.43. The quantitative estimate of drug-likeness (QED) is 0.860. The number of hydrogen-bond donors (Lipinski definition) is 1. The van der Waals surface area contributed by atoms with Gasteiger partial charge in [0.2, 0.25) is 5.91 Å². The van der Waals surface area contributed by atoms with Crippen molar-refractivity contribution in [3.05, 3.63) is 36.4 Å². The summed E-state index contributed by atoms with van der Waals surface area (Å²) in [6, 6.07) is 10.6. The van der Waals surface area contributed by atoms with Gasteiger partial charge in [0.05, 0.1) is 10.6 Å². The normalized spacial score (nSPS) is 15.2. The first-order valence-electron chi connectivity index (χ1n) is 7.37. The van der Waals surface area contributed by atoms with Gasteiger partial charge in [0.1, 0.15) is 6.54 Å². The Morgan fingerprint density at radius 2 is 1.91 bits per heavy atom. The predicted molar refractivity (Wildman–Crippen MR) is 86.4 cm³/mol. The molecule has 1 N–H and O–H groups in total. The third kappa shape index (κ3) is 2.33. The fraction of sp³-hybridized carbons (Fsp3) is 0.312. The molecule has 22 heavy (non-hydrogen) atoms. The van der Waals surface area contributed by atoms with Crippen LogP contribution in [0.25, 0.3) is 10.8 Å². The van der Waals surface area contributed by atoms with Gasteiger partial charge in [-0.25, -0.2) is 8.42 Å². The van der Waals surface area contributed by atoms with Crippen LogP contribution in [0.15, 0.2) is 41.3 Å². The van der Waals surface area contributed by atoms with E-state index in [9.17, 15) is 13.2 Å². The Labute approximate surface area is 130 Å². The molecule has 0 spiro atoms. The zero-order valence-electron chi connectivity index (χ0n) is 12.4. The molecule has 6 heteroatoms. The molecular formula is C16H18N2O3S. The first kappa shape index (κ1) is 14.8. The van der Waals surface area contributed by atoms with Gasteiger partial charge >= 0.3 is 0 Å². The van der Waals surface area contributed by atoms with Gasteiger partial charge in [0, 0.05) is 11.9 Å². The van der Waals surface area contributed by atoms with E-state index in [1.165, 1.54) is 4.31 Å². The first-order chi connectivity index (χ1) is 10.6. The summed E-state index contributed by atoms with van der Waals surface area (Å²) in [7, 11) is -3.65. The number of rotatable bonds is 5. The van der Waals surface area contributed by atoms with E-state index in [1.54, 1.807) is 18.2 Å². The summed E-state index contributed by atoms with van der Waals surface area (Å²) in [5.41, 5.74) is 0.582. The van der Waals surface area contributed by atoms with Crippen molar-refractivity contribution in [2.45, 2.75) is 24.7 Å². The second-order valence-corrected chi connectivity index (χ2v) is 7.18. The van der Waals surface area contributed by atoms with E-state index in [4.69, 9.17) is 0 Å². The van der Waals surface area contributed by atoms with Gasteiger partial charge in [0.15, 0.2) is 0 Å². The maximum absolute atomic E-state index is 12.7. The molecule has 2 aromatic rings. The summed E-state index contributed by atoms with van der Waals surface area (Å²) < 4.78 is 26.6. The molecule has 0 fully saturated rings. The minimum absolute atomic E-state index is 0.181. The Hall–Kier alpha value is -2.08. The van der Waals surface area contributed by atoms with Crippen LogP contribution >= 0.6 is 0 Å². The van der Waals surface area contributed by atoms with E-state index in [2.05, 4.69) is 5.32 Å². The molecule has 0 bridgehead atoms. The van der Waals surface area contributed by atoms with E-state index in [1.807, 2.05) is 25.1 Å². The van der Waals surface area contributed by atoms with Gasteiger partial charge < -0.3 is 5.32 Å². The van der Waals surface area contributed by atoms with Gasteiger partial charge in [-0.2, -0.15) is 0 Å². The van der Waals surface area contributed by atoms with Crippen LogP contribution in [0.3, 0.4) is 0 Å². The second-order valence-electron chi connectivity index (χ2n) is 5.35. The first-order valence-corrected chi connectivity index (χ1v) is 8.81. The zero-order valence-corrected chi connectivity index (χ0v) is 13.2. The molecule has 2 aromatic carbocycles. The van der Waals surface area contributed by atoms with Crippen molar-refractivity contribution >= 4 is 32.4 Å². The fourth-order valence-electron chi connectivity index (χ4n) is 2.72. The molecule has 1 aliphatic rings. The SMILES string of the molecule is CCCCNC(=O)CN1c2cccc3cccc(c23)S1(=O)=O. The maximum Gasteiger partial charge on any atom is 0.265 e. The highest BCUT2D eigenvalue weighted by molar-refractivity contribution is 7.93. The lowest BCUT2D eigenvalue weighted by Gasteiger charge is -2.18. The third-order valence-electron chi connectivity index (χ3n) is 3.82. The zero-order chi connectivity index (χ0) is 15.7. The lowest BCUT2D eigenvalue weighted by atomic mass is 10.1. The van der Waals surface area contributed by atoms with Crippen LogP contribution in [-0.4, -0.2) is 27.4 Å². The van der Waals surface area contributed by atoms with Crippen LogP contribution in [0, 0.1) is 0 Å². The minimum Gasteiger partial charge on any atom is -0.355 e. The fourth-order valence-corrected chi connectivity index (χ4v) is 4.39. The Kier molecular flexibility index (Phi) is 3.78. The number of carbonyl (C=O) groups is 1. The summed E-state index contributed by atoms with van der Waals surface area (Å²) in [5, 5.41) is 4.33. The van der Waals surface area contributed by atoms with E-state index in [-0.39, 0.29) is 17.3 Å². The Morgan fingerprint density at radius 3 is 2.64 bits per heavy atom. The molecule has 0 unspecified atom stereocenters. The van der Waals surface area contributed by atoms with Gasteiger partial charge in [0.25, 0.3) is 10.0 Å². The van der Waals surface area contributed by atoms with Gasteiger partial charge in [-0.15, -0.1) is 0 Å². The van der Waals surface area contributed by atoms with Crippen molar-refractivity contribution in [2.75, 3.05) is 17.4 Å². The summed E-state index contributed by atoms with van der Waals surface area (Å²) in [4.78, 5) is 12.3. The molecule has 5 nitrogen and oxygen atoms in total. The number of carbonyl (C=O) groups excluding carboxylic acids is 1. The van der Waals surface area contributed by atoms with Crippen LogP contribution < -0.4 is 9.62 Å². The second kappa shape index (κ2) is 5.61. The van der Waals surface area contributed by atoms with Gasteiger partial charge in [-0.1, -0.05) is 37.6 Å². The molecule has 0 atom stereocenters. The highest BCUT2D eigenvalue weighted by Crippen LogP contribution is 2.41. The van der Waals surface area contributed by atoms with Crippen molar-refractivity contribution in [3.8, 4) is 0 Å². The number of benzene rings is 2. The number of hydrogen-bond acceptors (Lipinski definition) is 3. The predicted octanol–water partition coefficient (Wildman–Crippen LogP) is 2.26. The average Bonchev–Trinajstić information content (AvgIpc) is 2.71. The number of nitrogens with one attached hydrogen (secondary N) is 1. The molecule has 0 aromatic heterocycles. The Balaban J connectivity index is 1.94. The standard InChI is InChI=1S/C16H18N2O3S/c1-2-3-10-17-15(19)11-18-13-8-4-6-12-7-5-9-14(16(12)13)22(18,20)21/h4-9H,2-3,10-11H2,1H3,(H,17,19). The van der Waals surface area contributed by atoms with Crippen molar-refractivity contribution in [1.29, 1.82) is 0 Å². The van der Waals surface area contributed by atoms with Crippen LogP contribution in [0.4, 0.5) is 5.69 Å². The monoisotopic (exact) mass is 318 g/mol. The van der Waals surface area contributed by atoms with E-state index < -0.39 is 10.0 Å². The molecule has 3 rings (SSSR count). The highest BCUT2D eigenvalue weighted by Gasteiger charge is 2.36. The van der Waals surface area contributed by atoms with Crippen molar-refractivity contribution in [3.63, 3.8) is 0 Å². The molecule has 1 aliphatic heterocycles. The van der Waals surface area contributed by atoms with Crippen LogP contribution in [0.5, 0.6) is 0 Å². The molecule has 1 heterocycles. The summed E-state index contributed by atoms with van der Waals surface area (Å²) in [5.74, 6) is -0.276. The van der Waals surface area contributed by atoms with Crippen molar-refractivity contribution < 1.29 is 13.2 Å². The van der Waals surface area contributed by atoms with Gasteiger partial charge in [-0.05, 0) is 23.9 Å². The Morgan fingerprint density at radius 1 is 1.18 bits per heavy atom. The van der Waals surface area contributed by atoms with Gasteiger partial charge in [-0.3, -0.25) is 9.10 Å². The van der Waals surface area contributed by atoms with E-state index >= 15 is 0 Å². The summed E-state index contributed by atoms with van der Waals surface area (Å²) in [6.07, 6.45) is 1.86. The number of anilines is 1. The largest absolute Gasteiger partial charge is 0.355 e. The van der Waals surface area contributed by atoms with Crippen LogP contribution in [0.2, 0.25) is 0 Å². The van der Waals surface area contributed by atoms with Crippen molar-refractivity contribution in [2.24, 2.45) is 0 Å². The average molecular weight is 318 g/mol. The van der Waals surface area contributed by atoms with E-state index in [0.29, 0.717) is 17.6 Å². The van der Waals surface area contributed by atoms with Crippen LogP contribution in [-0.2, 0) is 14.8 Å².